The predicted octanol–water partition coefficient (Wildman–Crippen LogP) is 3.52. The van der Waals surface area contributed by atoms with Gasteiger partial charge in [-0.15, -0.1) is 0 Å². The topological polar surface area (TPSA) is 57.6 Å². The van der Waals surface area contributed by atoms with Crippen LogP contribution in [-0.4, -0.2) is 35.0 Å². The van der Waals surface area contributed by atoms with Gasteiger partial charge in [0, 0.05) is 19.5 Å². The summed E-state index contributed by atoms with van der Waals surface area (Å²) in [5.74, 6) is -1.55. The largest absolute Gasteiger partial charge is 0.481 e. The van der Waals surface area contributed by atoms with E-state index in [1.807, 2.05) is 0 Å². The van der Waals surface area contributed by atoms with Gasteiger partial charge in [-0.25, -0.2) is 0 Å². The summed E-state index contributed by atoms with van der Waals surface area (Å²) in [6, 6.07) is 4.95. The Morgan fingerprint density at radius 3 is 2.58 bits per heavy atom. The number of amides is 1. The second-order valence-electron chi connectivity index (χ2n) is 6.66. The zero-order valence-corrected chi connectivity index (χ0v) is 13.6. The molecule has 0 bridgehead atoms. The Morgan fingerprint density at radius 2 is 2.04 bits per heavy atom. The van der Waals surface area contributed by atoms with Crippen molar-refractivity contribution in [3.8, 4) is 0 Å². The molecule has 0 radical (unpaired) electrons. The first-order chi connectivity index (χ1) is 11.0. The fourth-order valence-electron chi connectivity index (χ4n) is 2.88. The van der Waals surface area contributed by atoms with E-state index in [0.29, 0.717) is 18.5 Å². The van der Waals surface area contributed by atoms with Crippen molar-refractivity contribution in [1.82, 2.24) is 4.90 Å². The molecular formula is C17H20F3NO3. The first-order valence-corrected chi connectivity index (χ1v) is 7.71. The summed E-state index contributed by atoms with van der Waals surface area (Å²) in [6.45, 7) is 3.78. The highest BCUT2D eigenvalue weighted by atomic mass is 19.4. The molecular weight excluding hydrogens is 323 g/mol. The van der Waals surface area contributed by atoms with Crippen molar-refractivity contribution in [1.29, 1.82) is 0 Å². The molecule has 1 aromatic carbocycles. The average Bonchev–Trinajstić information content (AvgIpc) is 2.90. The van der Waals surface area contributed by atoms with Gasteiger partial charge in [-0.1, -0.05) is 25.1 Å². The smallest absolute Gasteiger partial charge is 0.416 e. The number of carbonyl (C=O) groups is 2. The molecule has 1 amide bonds. The molecule has 1 aromatic rings. The standard InChI is InChI=1S/C17H20F3NO3/c1-11(12-4-3-5-13(9-12)17(18,19)20)8-14(22)21-7-6-16(2,10-21)15(23)24/h3-5,9,11H,6-8,10H2,1-2H3,(H,23,24). The predicted molar refractivity (Wildman–Crippen MR) is 81.4 cm³/mol. The van der Waals surface area contributed by atoms with Crippen LogP contribution in [0.5, 0.6) is 0 Å². The third-order valence-corrected chi connectivity index (χ3v) is 4.61. The molecule has 1 heterocycles. The van der Waals surface area contributed by atoms with Crippen LogP contribution in [0.4, 0.5) is 13.2 Å². The fraction of sp³-hybridized carbons (Fsp3) is 0.529. The van der Waals surface area contributed by atoms with Crippen LogP contribution in [-0.2, 0) is 15.8 Å². The van der Waals surface area contributed by atoms with Gasteiger partial charge in [0.1, 0.15) is 0 Å². The van der Waals surface area contributed by atoms with Crippen LogP contribution in [0, 0.1) is 5.41 Å². The number of alkyl halides is 3. The SMILES string of the molecule is CC(CC(=O)N1CCC(C)(C(=O)O)C1)c1cccc(C(F)(F)F)c1. The average molecular weight is 343 g/mol. The third kappa shape index (κ3) is 3.88. The maximum atomic E-state index is 12.8. The molecule has 2 atom stereocenters. The van der Waals surface area contributed by atoms with E-state index in [-0.39, 0.29) is 24.8 Å². The lowest BCUT2D eigenvalue weighted by molar-refractivity contribution is -0.147. The van der Waals surface area contributed by atoms with Crippen molar-refractivity contribution < 1.29 is 27.9 Å². The van der Waals surface area contributed by atoms with E-state index in [4.69, 9.17) is 0 Å². The van der Waals surface area contributed by atoms with Crippen molar-refractivity contribution in [2.45, 2.75) is 38.8 Å². The van der Waals surface area contributed by atoms with Gasteiger partial charge in [0.2, 0.25) is 5.91 Å². The van der Waals surface area contributed by atoms with Crippen molar-refractivity contribution in [3.05, 3.63) is 35.4 Å². The Morgan fingerprint density at radius 1 is 1.38 bits per heavy atom. The van der Waals surface area contributed by atoms with Gasteiger partial charge in [-0.2, -0.15) is 13.2 Å². The molecule has 0 saturated carbocycles. The lowest BCUT2D eigenvalue weighted by Gasteiger charge is -2.22. The quantitative estimate of drug-likeness (QED) is 0.910. The molecule has 1 aliphatic heterocycles. The molecule has 0 aliphatic carbocycles. The normalized spacial score (nSPS) is 22.5. The van der Waals surface area contributed by atoms with Gasteiger partial charge in [0.25, 0.3) is 0 Å². The molecule has 0 aromatic heterocycles. The Balaban J connectivity index is 2.04. The number of hydrogen-bond acceptors (Lipinski definition) is 2. The molecule has 2 rings (SSSR count). The molecule has 7 heteroatoms. The zero-order chi connectivity index (χ0) is 18.1. The number of aliphatic carboxylic acids is 1. The summed E-state index contributed by atoms with van der Waals surface area (Å²) in [5, 5.41) is 9.19. The van der Waals surface area contributed by atoms with E-state index in [2.05, 4.69) is 0 Å². The summed E-state index contributed by atoms with van der Waals surface area (Å²) < 4.78 is 38.3. The number of carboxylic acid groups (broad SMARTS) is 1. The van der Waals surface area contributed by atoms with Crippen LogP contribution < -0.4 is 0 Å². The fourth-order valence-corrected chi connectivity index (χ4v) is 2.88. The minimum atomic E-state index is -4.42. The molecule has 2 unspecified atom stereocenters. The minimum absolute atomic E-state index is 0.0526. The molecule has 0 spiro atoms. The van der Waals surface area contributed by atoms with E-state index < -0.39 is 23.1 Å². The van der Waals surface area contributed by atoms with Crippen LogP contribution in [0.2, 0.25) is 0 Å². The second kappa shape index (κ2) is 6.45. The number of likely N-dealkylation sites (tertiary alicyclic amines) is 1. The highest BCUT2D eigenvalue weighted by Crippen LogP contribution is 2.33. The molecule has 1 N–H and O–H groups in total. The second-order valence-corrected chi connectivity index (χ2v) is 6.66. The monoisotopic (exact) mass is 343 g/mol. The molecule has 4 nitrogen and oxygen atoms in total. The van der Waals surface area contributed by atoms with Crippen molar-refractivity contribution in [2.24, 2.45) is 5.41 Å². The zero-order valence-electron chi connectivity index (χ0n) is 13.6. The maximum absolute atomic E-state index is 12.8. The van der Waals surface area contributed by atoms with Crippen LogP contribution in [0.25, 0.3) is 0 Å². The number of hydrogen-bond donors (Lipinski definition) is 1. The summed E-state index contributed by atoms with van der Waals surface area (Å²) >= 11 is 0. The van der Waals surface area contributed by atoms with Gasteiger partial charge >= 0.3 is 12.1 Å². The van der Waals surface area contributed by atoms with Gasteiger partial charge in [-0.3, -0.25) is 9.59 Å². The molecule has 1 aliphatic rings. The number of benzene rings is 1. The van der Waals surface area contributed by atoms with Crippen LogP contribution in [0.15, 0.2) is 24.3 Å². The lowest BCUT2D eigenvalue weighted by Crippen LogP contribution is -2.35. The van der Waals surface area contributed by atoms with Gasteiger partial charge < -0.3 is 10.0 Å². The van der Waals surface area contributed by atoms with Gasteiger partial charge in [0.05, 0.1) is 11.0 Å². The van der Waals surface area contributed by atoms with E-state index in [0.717, 1.165) is 12.1 Å². The Kier molecular flexibility index (Phi) is 4.92. The first-order valence-electron chi connectivity index (χ1n) is 7.71. The Hall–Kier alpha value is -2.05. The molecule has 1 fully saturated rings. The number of rotatable bonds is 4. The number of carboxylic acids is 1. The maximum Gasteiger partial charge on any atom is 0.416 e. The summed E-state index contributed by atoms with van der Waals surface area (Å²) in [4.78, 5) is 25.0. The van der Waals surface area contributed by atoms with Crippen molar-refractivity contribution >= 4 is 11.9 Å². The lowest BCUT2D eigenvalue weighted by atomic mass is 9.90. The van der Waals surface area contributed by atoms with Crippen LogP contribution in [0.1, 0.15) is 43.7 Å². The van der Waals surface area contributed by atoms with Gasteiger partial charge in [-0.05, 0) is 30.9 Å². The van der Waals surface area contributed by atoms with Gasteiger partial charge in [0.15, 0.2) is 0 Å². The summed E-state index contributed by atoms with van der Waals surface area (Å²) in [6.07, 6.45) is -3.99. The highest BCUT2D eigenvalue weighted by Gasteiger charge is 2.42. The molecule has 1 saturated heterocycles. The van der Waals surface area contributed by atoms with Crippen molar-refractivity contribution in [2.75, 3.05) is 13.1 Å². The summed E-state index contributed by atoms with van der Waals surface area (Å²) in [7, 11) is 0. The number of carbonyl (C=O) groups excluding carboxylic acids is 1. The summed E-state index contributed by atoms with van der Waals surface area (Å²) in [5.41, 5.74) is -1.24. The third-order valence-electron chi connectivity index (χ3n) is 4.61. The van der Waals surface area contributed by atoms with E-state index in [1.54, 1.807) is 19.9 Å². The Bertz CT molecular complexity index is 644. The number of halogens is 3. The Labute approximate surface area is 138 Å². The van der Waals surface area contributed by atoms with Crippen LogP contribution in [0.3, 0.4) is 0 Å². The number of nitrogens with zero attached hydrogens (tertiary/aromatic N) is 1. The van der Waals surface area contributed by atoms with E-state index >= 15 is 0 Å². The van der Waals surface area contributed by atoms with E-state index in [9.17, 15) is 27.9 Å². The molecule has 24 heavy (non-hydrogen) atoms. The van der Waals surface area contributed by atoms with E-state index in [1.165, 1.54) is 11.0 Å². The van der Waals surface area contributed by atoms with Crippen molar-refractivity contribution in [3.63, 3.8) is 0 Å². The molecule has 132 valence electrons. The minimum Gasteiger partial charge on any atom is -0.481 e. The van der Waals surface area contributed by atoms with Crippen LogP contribution >= 0.6 is 0 Å². The first kappa shape index (κ1) is 18.3. The highest BCUT2D eigenvalue weighted by molar-refractivity contribution is 5.81.